The van der Waals surface area contributed by atoms with E-state index in [1.54, 1.807) is 25.1 Å². The number of halogens is 1. The van der Waals surface area contributed by atoms with Crippen molar-refractivity contribution in [2.75, 3.05) is 0 Å². The highest BCUT2D eigenvalue weighted by molar-refractivity contribution is 6.06. The van der Waals surface area contributed by atoms with Crippen molar-refractivity contribution in [3.05, 3.63) is 35.6 Å². The summed E-state index contributed by atoms with van der Waals surface area (Å²) in [7, 11) is 0. The Kier molecular flexibility index (Phi) is 2.38. The zero-order valence-corrected chi connectivity index (χ0v) is 8.83. The lowest BCUT2D eigenvalue weighted by molar-refractivity contribution is -0.123. The molecular weight excluding hydrogens is 209 g/mol. The molecule has 1 aromatic rings. The number of carbonyl (C=O) groups excluding carboxylic acids is 1. The van der Waals surface area contributed by atoms with E-state index in [1.165, 1.54) is 6.07 Å². The number of amides is 1. The van der Waals surface area contributed by atoms with Crippen LogP contribution in [0.15, 0.2) is 29.3 Å². The number of benzene rings is 1. The van der Waals surface area contributed by atoms with Crippen molar-refractivity contribution < 1.29 is 9.18 Å². The van der Waals surface area contributed by atoms with Gasteiger partial charge in [-0.1, -0.05) is 18.2 Å². The van der Waals surface area contributed by atoms with Crippen LogP contribution in [-0.4, -0.2) is 17.4 Å². The molecule has 1 unspecified atom stereocenters. The second-order valence-corrected chi connectivity index (χ2v) is 3.99. The minimum absolute atomic E-state index is 0.0869. The molecule has 2 rings (SSSR count). The third-order valence-electron chi connectivity index (χ3n) is 2.59. The summed E-state index contributed by atoms with van der Waals surface area (Å²) in [6.07, 6.45) is 0.201. The zero-order valence-electron chi connectivity index (χ0n) is 8.83. The quantitative estimate of drug-likeness (QED) is 0.766. The summed E-state index contributed by atoms with van der Waals surface area (Å²) in [6.45, 7) is 1.63. The van der Waals surface area contributed by atoms with Gasteiger partial charge in [-0.3, -0.25) is 10.1 Å². The highest BCUT2D eigenvalue weighted by Gasteiger charge is 2.38. The van der Waals surface area contributed by atoms with Gasteiger partial charge < -0.3 is 5.73 Å². The lowest BCUT2D eigenvalue weighted by atomic mass is 9.93. The Bertz CT molecular complexity index is 472. The monoisotopic (exact) mass is 221 g/mol. The number of carbonyl (C=O) groups is 1. The Morgan fingerprint density at radius 2 is 2.19 bits per heavy atom. The first-order valence-corrected chi connectivity index (χ1v) is 4.91. The molecule has 0 bridgehead atoms. The molecule has 0 saturated carbocycles. The van der Waals surface area contributed by atoms with Crippen LogP contribution in [0.3, 0.4) is 0 Å². The molecule has 1 aliphatic rings. The largest absolute Gasteiger partial charge is 0.370 e. The van der Waals surface area contributed by atoms with E-state index in [4.69, 9.17) is 5.73 Å². The van der Waals surface area contributed by atoms with Gasteiger partial charge in [0.1, 0.15) is 11.4 Å². The van der Waals surface area contributed by atoms with Gasteiger partial charge in [-0.25, -0.2) is 9.38 Å². The van der Waals surface area contributed by atoms with Crippen molar-refractivity contribution in [2.45, 2.75) is 18.9 Å². The van der Waals surface area contributed by atoms with Gasteiger partial charge in [-0.2, -0.15) is 0 Å². The fraction of sp³-hybridized carbons (Fsp3) is 0.273. The molecule has 84 valence electrons. The Balaban J connectivity index is 2.28. The molecule has 0 aliphatic carbocycles. The fourth-order valence-corrected chi connectivity index (χ4v) is 1.73. The first kappa shape index (κ1) is 10.6. The lowest BCUT2D eigenvalue weighted by Crippen LogP contribution is -2.40. The first-order chi connectivity index (χ1) is 7.51. The molecule has 4 nitrogen and oxygen atoms in total. The fourth-order valence-electron chi connectivity index (χ4n) is 1.73. The molecule has 1 amide bonds. The maximum atomic E-state index is 13.4. The Morgan fingerprint density at radius 1 is 1.50 bits per heavy atom. The summed E-state index contributed by atoms with van der Waals surface area (Å²) in [5.41, 5.74) is 4.87. The van der Waals surface area contributed by atoms with Gasteiger partial charge in [0, 0.05) is 6.42 Å². The number of aliphatic imine (C=N–C) groups is 1. The highest BCUT2D eigenvalue weighted by atomic mass is 19.1. The lowest BCUT2D eigenvalue weighted by Gasteiger charge is -2.17. The summed E-state index contributed by atoms with van der Waals surface area (Å²) < 4.78 is 13.4. The average molecular weight is 221 g/mol. The SMILES string of the molecule is CC1(Cc2ccccc2F)N=C(N)NC1=O. The van der Waals surface area contributed by atoms with Gasteiger partial charge in [0.15, 0.2) is 5.96 Å². The van der Waals surface area contributed by atoms with Crippen molar-refractivity contribution in [3.8, 4) is 0 Å². The van der Waals surface area contributed by atoms with Crippen molar-refractivity contribution in [3.63, 3.8) is 0 Å². The summed E-state index contributed by atoms with van der Waals surface area (Å²) in [4.78, 5) is 15.6. The second kappa shape index (κ2) is 3.59. The zero-order chi connectivity index (χ0) is 11.8. The Hall–Kier alpha value is -1.91. The average Bonchev–Trinajstić information content (AvgIpc) is 2.45. The van der Waals surface area contributed by atoms with Crippen LogP contribution in [0.25, 0.3) is 0 Å². The molecule has 1 aromatic carbocycles. The second-order valence-electron chi connectivity index (χ2n) is 3.99. The molecule has 0 aromatic heterocycles. The van der Waals surface area contributed by atoms with Crippen molar-refractivity contribution in [1.29, 1.82) is 0 Å². The van der Waals surface area contributed by atoms with Crippen LogP contribution < -0.4 is 11.1 Å². The van der Waals surface area contributed by atoms with Crippen LogP contribution in [0.4, 0.5) is 4.39 Å². The smallest absolute Gasteiger partial charge is 0.254 e. The summed E-state index contributed by atoms with van der Waals surface area (Å²) in [6, 6.07) is 6.33. The molecule has 5 heteroatoms. The summed E-state index contributed by atoms with van der Waals surface area (Å²) in [5.74, 6) is -0.547. The molecule has 16 heavy (non-hydrogen) atoms. The standard InChI is InChI=1S/C11H12FN3O/c1-11(9(16)14-10(13)15-11)6-7-4-2-3-5-8(7)12/h2-5H,6H2,1H3,(H3,13,14,15,16). The first-order valence-electron chi connectivity index (χ1n) is 4.91. The van der Waals surface area contributed by atoms with Gasteiger partial charge >= 0.3 is 0 Å². The molecule has 0 saturated heterocycles. The van der Waals surface area contributed by atoms with E-state index in [2.05, 4.69) is 10.3 Å². The number of hydrogen-bond acceptors (Lipinski definition) is 3. The van der Waals surface area contributed by atoms with Crippen LogP contribution in [-0.2, 0) is 11.2 Å². The number of nitrogens with two attached hydrogens (primary N) is 1. The number of nitrogens with one attached hydrogen (secondary N) is 1. The van der Waals surface area contributed by atoms with E-state index in [0.717, 1.165) is 0 Å². The summed E-state index contributed by atoms with van der Waals surface area (Å²) >= 11 is 0. The van der Waals surface area contributed by atoms with Crippen LogP contribution >= 0.6 is 0 Å². The summed E-state index contributed by atoms with van der Waals surface area (Å²) in [5, 5.41) is 2.41. The Morgan fingerprint density at radius 3 is 2.75 bits per heavy atom. The van der Waals surface area contributed by atoms with E-state index in [1.807, 2.05) is 0 Å². The third-order valence-corrected chi connectivity index (χ3v) is 2.59. The minimum Gasteiger partial charge on any atom is -0.370 e. The molecule has 0 spiro atoms. The molecule has 1 aliphatic heterocycles. The van der Waals surface area contributed by atoms with Gasteiger partial charge in [0.2, 0.25) is 0 Å². The van der Waals surface area contributed by atoms with Crippen LogP contribution in [0, 0.1) is 5.82 Å². The highest BCUT2D eigenvalue weighted by Crippen LogP contribution is 2.22. The molecule has 1 atom stereocenters. The van der Waals surface area contributed by atoms with E-state index < -0.39 is 5.54 Å². The van der Waals surface area contributed by atoms with E-state index in [9.17, 15) is 9.18 Å². The van der Waals surface area contributed by atoms with Gasteiger partial charge in [-0.05, 0) is 18.6 Å². The van der Waals surface area contributed by atoms with E-state index in [-0.39, 0.29) is 24.1 Å². The molecule has 0 radical (unpaired) electrons. The van der Waals surface area contributed by atoms with Crippen molar-refractivity contribution in [1.82, 2.24) is 5.32 Å². The maximum Gasteiger partial charge on any atom is 0.254 e. The molecule has 0 fully saturated rings. The number of hydrogen-bond donors (Lipinski definition) is 2. The van der Waals surface area contributed by atoms with Gasteiger partial charge in [0.25, 0.3) is 5.91 Å². The molecular formula is C11H12FN3O. The van der Waals surface area contributed by atoms with Crippen LogP contribution in [0.5, 0.6) is 0 Å². The Labute approximate surface area is 92.4 Å². The third kappa shape index (κ3) is 1.76. The van der Waals surface area contributed by atoms with Crippen molar-refractivity contribution in [2.24, 2.45) is 10.7 Å². The molecule has 1 heterocycles. The van der Waals surface area contributed by atoms with Crippen LogP contribution in [0.2, 0.25) is 0 Å². The van der Waals surface area contributed by atoms with Gasteiger partial charge in [0.05, 0.1) is 0 Å². The number of nitrogens with zero attached hydrogens (tertiary/aromatic N) is 1. The minimum atomic E-state index is -1.01. The maximum absolute atomic E-state index is 13.4. The van der Waals surface area contributed by atoms with Crippen molar-refractivity contribution >= 4 is 11.9 Å². The number of rotatable bonds is 2. The van der Waals surface area contributed by atoms with Gasteiger partial charge in [-0.15, -0.1) is 0 Å². The number of guanidine groups is 1. The topological polar surface area (TPSA) is 67.5 Å². The van der Waals surface area contributed by atoms with E-state index >= 15 is 0 Å². The van der Waals surface area contributed by atoms with Crippen LogP contribution in [0.1, 0.15) is 12.5 Å². The predicted octanol–water partition coefficient (Wildman–Crippen LogP) is 0.571. The molecule has 3 N–H and O–H groups in total. The van der Waals surface area contributed by atoms with E-state index in [0.29, 0.717) is 5.56 Å². The normalized spacial score (nSPS) is 24.1. The predicted molar refractivity (Wildman–Crippen MR) is 58.3 cm³/mol.